The lowest BCUT2D eigenvalue weighted by molar-refractivity contribution is 0.0531. The molecule has 0 saturated carbocycles. The first-order valence-corrected chi connectivity index (χ1v) is 5.88. The van der Waals surface area contributed by atoms with Gasteiger partial charge in [0, 0.05) is 13.7 Å². The number of carbonyl (C=O) groups excluding carboxylic acids is 1. The Hall–Kier alpha value is -1.14. The van der Waals surface area contributed by atoms with E-state index in [1.165, 1.54) is 11.3 Å². The Labute approximate surface area is 98.8 Å². The summed E-state index contributed by atoms with van der Waals surface area (Å²) in [4.78, 5) is 16.3. The van der Waals surface area contributed by atoms with Crippen LogP contribution in [0.4, 0.5) is 5.13 Å². The van der Waals surface area contributed by atoms with Gasteiger partial charge in [0.05, 0.1) is 18.9 Å². The third kappa shape index (κ3) is 3.46. The molecule has 0 atom stereocenters. The van der Waals surface area contributed by atoms with E-state index in [1.54, 1.807) is 21.0 Å². The Morgan fingerprint density at radius 1 is 1.56 bits per heavy atom. The standard InChI is InChI=1S/C10H16N2O3S/c1-4-15-9(13)8-7(2)12-10(16-8)11-5-6-14-3/h4-6H2,1-3H3,(H,11,12). The monoisotopic (exact) mass is 244 g/mol. The first-order valence-electron chi connectivity index (χ1n) is 5.06. The Morgan fingerprint density at radius 2 is 2.31 bits per heavy atom. The molecule has 1 heterocycles. The largest absolute Gasteiger partial charge is 0.462 e. The summed E-state index contributed by atoms with van der Waals surface area (Å²) in [5, 5.41) is 3.80. The summed E-state index contributed by atoms with van der Waals surface area (Å²) in [5.41, 5.74) is 0.698. The van der Waals surface area contributed by atoms with E-state index in [2.05, 4.69) is 10.3 Å². The van der Waals surface area contributed by atoms with Crippen LogP contribution in [0, 0.1) is 6.92 Å². The molecule has 1 N–H and O–H groups in total. The van der Waals surface area contributed by atoms with Crippen LogP contribution < -0.4 is 5.32 Å². The first kappa shape index (κ1) is 12.9. The van der Waals surface area contributed by atoms with Gasteiger partial charge < -0.3 is 14.8 Å². The molecule has 0 aromatic carbocycles. The zero-order chi connectivity index (χ0) is 12.0. The van der Waals surface area contributed by atoms with Crippen LogP contribution in [0.2, 0.25) is 0 Å². The van der Waals surface area contributed by atoms with Crippen LogP contribution in [0.3, 0.4) is 0 Å². The number of aryl methyl sites for hydroxylation is 1. The maximum absolute atomic E-state index is 11.5. The van der Waals surface area contributed by atoms with E-state index in [0.29, 0.717) is 30.3 Å². The maximum atomic E-state index is 11.5. The Bertz CT molecular complexity index is 352. The van der Waals surface area contributed by atoms with Crippen LogP contribution in [0.25, 0.3) is 0 Å². The number of hydrogen-bond donors (Lipinski definition) is 1. The molecule has 0 bridgehead atoms. The van der Waals surface area contributed by atoms with Crippen LogP contribution in [0.1, 0.15) is 22.3 Å². The number of anilines is 1. The van der Waals surface area contributed by atoms with E-state index in [9.17, 15) is 4.79 Å². The smallest absolute Gasteiger partial charge is 0.350 e. The summed E-state index contributed by atoms with van der Waals surface area (Å²) in [6.45, 7) is 5.23. The van der Waals surface area contributed by atoms with E-state index in [1.807, 2.05) is 0 Å². The van der Waals surface area contributed by atoms with Crippen LogP contribution in [0.15, 0.2) is 0 Å². The van der Waals surface area contributed by atoms with Gasteiger partial charge in [-0.1, -0.05) is 11.3 Å². The average Bonchev–Trinajstić information content (AvgIpc) is 2.61. The summed E-state index contributed by atoms with van der Waals surface area (Å²) in [7, 11) is 1.64. The molecular weight excluding hydrogens is 228 g/mol. The molecule has 0 aliphatic rings. The minimum absolute atomic E-state index is 0.308. The van der Waals surface area contributed by atoms with E-state index < -0.39 is 0 Å². The van der Waals surface area contributed by atoms with Crippen molar-refractivity contribution in [3.05, 3.63) is 10.6 Å². The van der Waals surface area contributed by atoms with Gasteiger partial charge >= 0.3 is 5.97 Å². The minimum Gasteiger partial charge on any atom is -0.462 e. The lowest BCUT2D eigenvalue weighted by Gasteiger charge is -1.99. The number of nitrogens with one attached hydrogen (secondary N) is 1. The average molecular weight is 244 g/mol. The second-order valence-corrected chi connectivity index (χ2v) is 4.07. The van der Waals surface area contributed by atoms with Crippen LogP contribution >= 0.6 is 11.3 Å². The molecular formula is C10H16N2O3S. The van der Waals surface area contributed by atoms with Gasteiger partial charge in [-0.3, -0.25) is 0 Å². The Balaban J connectivity index is 2.62. The summed E-state index contributed by atoms with van der Waals surface area (Å²) < 4.78 is 9.84. The number of aromatic nitrogens is 1. The lowest BCUT2D eigenvalue weighted by atomic mass is 10.4. The predicted octanol–water partition coefficient (Wildman–Crippen LogP) is 1.69. The molecule has 0 saturated heterocycles. The number of ether oxygens (including phenoxy) is 2. The second-order valence-electron chi connectivity index (χ2n) is 3.07. The number of thiazole rings is 1. The van der Waals surface area contributed by atoms with Crippen molar-refractivity contribution < 1.29 is 14.3 Å². The van der Waals surface area contributed by atoms with Crippen molar-refractivity contribution in [3.8, 4) is 0 Å². The van der Waals surface area contributed by atoms with E-state index in [0.717, 1.165) is 5.13 Å². The molecule has 5 nitrogen and oxygen atoms in total. The summed E-state index contributed by atoms with van der Waals surface area (Å²) in [6.07, 6.45) is 0. The summed E-state index contributed by atoms with van der Waals surface area (Å²) in [6, 6.07) is 0. The molecule has 90 valence electrons. The fraction of sp³-hybridized carbons (Fsp3) is 0.600. The van der Waals surface area contributed by atoms with E-state index in [-0.39, 0.29) is 5.97 Å². The minimum atomic E-state index is -0.308. The second kappa shape index (κ2) is 6.44. The molecule has 0 aliphatic carbocycles. The topological polar surface area (TPSA) is 60.5 Å². The quantitative estimate of drug-likeness (QED) is 0.609. The molecule has 1 aromatic heterocycles. The molecule has 0 fully saturated rings. The maximum Gasteiger partial charge on any atom is 0.350 e. The zero-order valence-corrected chi connectivity index (χ0v) is 10.5. The molecule has 0 amide bonds. The molecule has 16 heavy (non-hydrogen) atoms. The number of rotatable bonds is 6. The third-order valence-corrected chi connectivity index (χ3v) is 2.94. The van der Waals surface area contributed by atoms with Crippen LogP contribution in [-0.4, -0.2) is 37.8 Å². The van der Waals surface area contributed by atoms with Gasteiger partial charge in [0.2, 0.25) is 0 Å². The lowest BCUT2D eigenvalue weighted by Crippen LogP contribution is -2.06. The Kier molecular flexibility index (Phi) is 5.21. The van der Waals surface area contributed by atoms with Gasteiger partial charge in [0.25, 0.3) is 0 Å². The molecule has 1 rings (SSSR count). The van der Waals surface area contributed by atoms with Crippen molar-refractivity contribution in [2.45, 2.75) is 13.8 Å². The molecule has 0 unspecified atom stereocenters. The molecule has 1 aromatic rings. The highest BCUT2D eigenvalue weighted by Gasteiger charge is 2.15. The van der Waals surface area contributed by atoms with Crippen molar-refractivity contribution in [3.63, 3.8) is 0 Å². The van der Waals surface area contributed by atoms with E-state index >= 15 is 0 Å². The number of carbonyl (C=O) groups is 1. The predicted molar refractivity (Wildman–Crippen MR) is 63.2 cm³/mol. The van der Waals surface area contributed by atoms with Gasteiger partial charge in [-0.25, -0.2) is 9.78 Å². The third-order valence-electron chi connectivity index (χ3n) is 1.84. The van der Waals surface area contributed by atoms with Crippen molar-refractivity contribution in [2.75, 3.05) is 32.2 Å². The molecule has 6 heteroatoms. The van der Waals surface area contributed by atoms with Crippen molar-refractivity contribution >= 4 is 22.4 Å². The highest BCUT2D eigenvalue weighted by Crippen LogP contribution is 2.23. The Morgan fingerprint density at radius 3 is 2.94 bits per heavy atom. The van der Waals surface area contributed by atoms with Gasteiger partial charge in [-0.2, -0.15) is 0 Å². The number of esters is 1. The highest BCUT2D eigenvalue weighted by molar-refractivity contribution is 7.17. The van der Waals surface area contributed by atoms with E-state index in [4.69, 9.17) is 9.47 Å². The molecule has 0 radical (unpaired) electrons. The van der Waals surface area contributed by atoms with Crippen LogP contribution in [0.5, 0.6) is 0 Å². The van der Waals surface area contributed by atoms with Crippen molar-refractivity contribution in [1.82, 2.24) is 4.98 Å². The number of methoxy groups -OCH3 is 1. The first-order chi connectivity index (χ1) is 7.69. The molecule has 0 aliphatic heterocycles. The van der Waals surface area contributed by atoms with Crippen LogP contribution in [-0.2, 0) is 9.47 Å². The van der Waals surface area contributed by atoms with Crippen molar-refractivity contribution in [1.29, 1.82) is 0 Å². The summed E-state index contributed by atoms with van der Waals surface area (Å²) >= 11 is 1.31. The van der Waals surface area contributed by atoms with Gasteiger partial charge in [-0.05, 0) is 13.8 Å². The normalized spacial score (nSPS) is 10.2. The fourth-order valence-electron chi connectivity index (χ4n) is 1.12. The van der Waals surface area contributed by atoms with Gasteiger partial charge in [0.15, 0.2) is 5.13 Å². The fourth-order valence-corrected chi connectivity index (χ4v) is 2.00. The highest BCUT2D eigenvalue weighted by atomic mass is 32.1. The number of hydrogen-bond acceptors (Lipinski definition) is 6. The zero-order valence-electron chi connectivity index (χ0n) is 9.70. The van der Waals surface area contributed by atoms with Gasteiger partial charge in [-0.15, -0.1) is 0 Å². The van der Waals surface area contributed by atoms with Gasteiger partial charge in [0.1, 0.15) is 4.88 Å². The molecule has 0 spiro atoms. The summed E-state index contributed by atoms with van der Waals surface area (Å²) in [5.74, 6) is -0.308. The van der Waals surface area contributed by atoms with Crippen molar-refractivity contribution in [2.24, 2.45) is 0 Å². The SMILES string of the molecule is CCOC(=O)c1sc(NCCOC)nc1C. The number of nitrogens with zero attached hydrogens (tertiary/aromatic N) is 1.